The summed E-state index contributed by atoms with van der Waals surface area (Å²) in [5.74, 6) is -1.86. The third-order valence-electron chi connectivity index (χ3n) is 3.68. The van der Waals surface area contributed by atoms with Crippen molar-refractivity contribution in [2.24, 2.45) is 0 Å². The van der Waals surface area contributed by atoms with Gasteiger partial charge in [-0.05, 0) is 12.1 Å². The van der Waals surface area contributed by atoms with Crippen LogP contribution in [0.5, 0.6) is 11.5 Å². The van der Waals surface area contributed by atoms with Crippen molar-refractivity contribution in [2.45, 2.75) is 6.29 Å². The first-order chi connectivity index (χ1) is 13.3. The molecule has 4 rings (SSSR count). The predicted octanol–water partition coefficient (Wildman–Crippen LogP) is 3.90. The molecule has 0 bridgehead atoms. The van der Waals surface area contributed by atoms with Gasteiger partial charge in [-0.2, -0.15) is 0 Å². The highest BCUT2D eigenvalue weighted by molar-refractivity contribution is 6.33. The summed E-state index contributed by atoms with van der Waals surface area (Å²) in [6.45, 7) is 0. The number of halogens is 4. The Morgan fingerprint density at radius 3 is 2.54 bits per heavy atom. The fraction of sp³-hybridized carbons (Fsp3) is 0.0588. The molecule has 142 valence electrons. The van der Waals surface area contributed by atoms with Crippen LogP contribution in [-0.2, 0) is 0 Å². The maximum atomic E-state index is 13.6. The Balaban J connectivity index is 1.56. The van der Waals surface area contributed by atoms with E-state index in [2.05, 4.69) is 29.7 Å². The van der Waals surface area contributed by atoms with E-state index in [0.29, 0.717) is 0 Å². The Hall–Kier alpha value is -3.40. The average Bonchev–Trinajstić information content (AvgIpc) is 2.95. The van der Waals surface area contributed by atoms with E-state index in [1.165, 1.54) is 36.8 Å². The number of fused-ring (bicyclic) bond motifs is 1. The third kappa shape index (κ3) is 3.41. The van der Waals surface area contributed by atoms with Crippen molar-refractivity contribution >= 4 is 23.3 Å². The van der Waals surface area contributed by atoms with E-state index in [4.69, 9.17) is 11.6 Å². The summed E-state index contributed by atoms with van der Waals surface area (Å²) >= 11 is 6.09. The smallest absolute Gasteiger partial charge is 0.395 e. The van der Waals surface area contributed by atoms with Crippen LogP contribution in [0, 0.1) is 5.82 Å². The first-order valence-corrected chi connectivity index (χ1v) is 8.03. The lowest BCUT2D eigenvalue weighted by Gasteiger charge is -2.07. The summed E-state index contributed by atoms with van der Waals surface area (Å²) in [5.41, 5.74) is 0.299. The van der Waals surface area contributed by atoms with Crippen molar-refractivity contribution in [2.75, 3.05) is 5.32 Å². The number of ether oxygens (including phenoxy) is 2. The van der Waals surface area contributed by atoms with Crippen LogP contribution in [0.1, 0.15) is 10.4 Å². The number of carbonyl (C=O) groups is 1. The Morgan fingerprint density at radius 2 is 1.86 bits per heavy atom. The largest absolute Gasteiger partial charge is 0.586 e. The maximum Gasteiger partial charge on any atom is 0.586 e. The van der Waals surface area contributed by atoms with Crippen molar-refractivity contribution in [1.29, 1.82) is 0 Å². The summed E-state index contributed by atoms with van der Waals surface area (Å²) in [6, 6.07) is 3.64. The number of anilines is 1. The van der Waals surface area contributed by atoms with Crippen molar-refractivity contribution in [3.05, 3.63) is 59.4 Å². The Morgan fingerprint density at radius 1 is 1.11 bits per heavy atom. The number of nitrogens with zero attached hydrogens (tertiary/aromatic N) is 3. The van der Waals surface area contributed by atoms with E-state index in [1.54, 1.807) is 0 Å². The Bertz CT molecular complexity index is 1080. The summed E-state index contributed by atoms with van der Waals surface area (Å²) < 4.78 is 48.6. The number of rotatable bonds is 3. The maximum absolute atomic E-state index is 13.6. The van der Waals surface area contributed by atoms with Crippen molar-refractivity contribution < 1.29 is 27.4 Å². The molecule has 1 aromatic carbocycles. The first-order valence-electron chi connectivity index (χ1n) is 7.65. The third-order valence-corrected chi connectivity index (χ3v) is 3.99. The molecular formula is C17H8ClF3N4O3. The molecule has 0 spiro atoms. The van der Waals surface area contributed by atoms with E-state index in [0.717, 1.165) is 6.20 Å². The minimum atomic E-state index is -3.77. The minimum Gasteiger partial charge on any atom is -0.395 e. The van der Waals surface area contributed by atoms with Gasteiger partial charge in [-0.25, -0.2) is 9.37 Å². The second-order valence-corrected chi connectivity index (χ2v) is 5.95. The van der Waals surface area contributed by atoms with Crippen molar-refractivity contribution in [3.8, 4) is 22.8 Å². The number of hydrogen-bond donors (Lipinski definition) is 1. The molecule has 0 saturated carbocycles. The van der Waals surface area contributed by atoms with Gasteiger partial charge in [-0.15, -0.1) is 8.78 Å². The number of nitrogens with one attached hydrogen (secondary N) is 1. The van der Waals surface area contributed by atoms with Gasteiger partial charge in [0.2, 0.25) is 0 Å². The van der Waals surface area contributed by atoms with Crippen molar-refractivity contribution in [1.82, 2.24) is 15.0 Å². The molecule has 7 nitrogen and oxygen atoms in total. The molecular weight excluding hydrogens is 401 g/mol. The summed E-state index contributed by atoms with van der Waals surface area (Å²) in [6.07, 6.45) is 0.890. The molecule has 0 aliphatic carbocycles. The zero-order valence-corrected chi connectivity index (χ0v) is 14.4. The normalized spacial score (nSPS) is 14.0. The number of alkyl halides is 2. The lowest BCUT2D eigenvalue weighted by Crippen LogP contribution is -2.25. The van der Waals surface area contributed by atoms with Gasteiger partial charge in [-0.1, -0.05) is 11.6 Å². The quantitative estimate of drug-likeness (QED) is 0.707. The van der Waals surface area contributed by atoms with E-state index >= 15 is 0 Å². The van der Waals surface area contributed by atoms with Crippen LogP contribution in [0.2, 0.25) is 5.02 Å². The second-order valence-electron chi connectivity index (χ2n) is 5.54. The van der Waals surface area contributed by atoms with Gasteiger partial charge in [0, 0.05) is 17.8 Å². The standard InChI is InChI=1S/C17H8ClF3N4O3/c18-10-4-14-13(27-17(20,21)28-14)3-9(10)12-6-24-15(7-23-12)25-16(26)8-1-2-22-5-11(8)19/h1-7H,(H,24,25,26). The molecule has 3 aromatic rings. The number of hydrogen-bond acceptors (Lipinski definition) is 6. The predicted molar refractivity (Wildman–Crippen MR) is 90.8 cm³/mol. The van der Waals surface area contributed by atoms with Gasteiger partial charge in [0.25, 0.3) is 5.91 Å². The van der Waals surface area contributed by atoms with Crippen LogP contribution in [0.4, 0.5) is 19.0 Å². The summed E-state index contributed by atoms with van der Waals surface area (Å²) in [7, 11) is 0. The molecule has 0 fully saturated rings. The lowest BCUT2D eigenvalue weighted by atomic mass is 10.1. The average molecular weight is 409 g/mol. The molecule has 3 heterocycles. The van der Waals surface area contributed by atoms with E-state index in [9.17, 15) is 18.0 Å². The monoisotopic (exact) mass is 408 g/mol. The summed E-state index contributed by atoms with van der Waals surface area (Å²) in [5, 5.41) is 2.48. The van der Waals surface area contributed by atoms with Crippen LogP contribution < -0.4 is 14.8 Å². The fourth-order valence-corrected chi connectivity index (χ4v) is 2.69. The first kappa shape index (κ1) is 18.0. The highest BCUT2D eigenvalue weighted by atomic mass is 35.5. The van der Waals surface area contributed by atoms with Crippen LogP contribution in [0.3, 0.4) is 0 Å². The van der Waals surface area contributed by atoms with Gasteiger partial charge in [0.1, 0.15) is 0 Å². The van der Waals surface area contributed by atoms with E-state index in [-0.39, 0.29) is 39.2 Å². The van der Waals surface area contributed by atoms with Gasteiger partial charge < -0.3 is 14.8 Å². The van der Waals surface area contributed by atoms with Crippen molar-refractivity contribution in [3.63, 3.8) is 0 Å². The fourth-order valence-electron chi connectivity index (χ4n) is 2.44. The minimum absolute atomic E-state index is 0.0494. The Kier molecular flexibility index (Phi) is 4.27. The van der Waals surface area contributed by atoms with E-state index in [1.807, 2.05) is 0 Å². The number of carbonyl (C=O) groups excluding carboxylic acids is 1. The van der Waals surface area contributed by atoms with Gasteiger partial charge >= 0.3 is 6.29 Å². The van der Waals surface area contributed by atoms with Crippen LogP contribution in [-0.4, -0.2) is 27.2 Å². The number of aromatic nitrogens is 3. The number of pyridine rings is 1. The number of benzene rings is 1. The van der Waals surface area contributed by atoms with Gasteiger partial charge in [0.15, 0.2) is 23.1 Å². The molecule has 1 aliphatic heterocycles. The van der Waals surface area contributed by atoms with E-state index < -0.39 is 18.0 Å². The molecule has 11 heteroatoms. The molecule has 1 N–H and O–H groups in total. The topological polar surface area (TPSA) is 86.2 Å². The molecule has 1 amide bonds. The summed E-state index contributed by atoms with van der Waals surface area (Å²) in [4.78, 5) is 23.7. The molecule has 2 aromatic heterocycles. The molecule has 0 unspecified atom stereocenters. The second kappa shape index (κ2) is 6.64. The molecule has 0 radical (unpaired) electrons. The zero-order chi connectivity index (χ0) is 19.9. The molecule has 1 aliphatic rings. The van der Waals surface area contributed by atoms with Crippen LogP contribution in [0.15, 0.2) is 43.0 Å². The van der Waals surface area contributed by atoms with Gasteiger partial charge in [0.05, 0.1) is 34.9 Å². The zero-order valence-electron chi connectivity index (χ0n) is 13.6. The van der Waals surface area contributed by atoms with Crippen LogP contribution in [0.25, 0.3) is 11.3 Å². The number of amides is 1. The van der Waals surface area contributed by atoms with Crippen LogP contribution >= 0.6 is 11.6 Å². The Labute approximate surface area is 160 Å². The highest BCUT2D eigenvalue weighted by Crippen LogP contribution is 2.45. The molecule has 28 heavy (non-hydrogen) atoms. The molecule has 0 saturated heterocycles. The molecule has 0 atom stereocenters. The SMILES string of the molecule is O=C(Nc1cnc(-c2cc3c(cc2Cl)OC(F)(F)O3)cn1)c1ccncc1F. The van der Waals surface area contributed by atoms with Gasteiger partial charge in [-0.3, -0.25) is 14.8 Å². The lowest BCUT2D eigenvalue weighted by molar-refractivity contribution is -0.286. The highest BCUT2D eigenvalue weighted by Gasteiger charge is 2.43.